The first-order valence-corrected chi connectivity index (χ1v) is 7.05. The van der Waals surface area contributed by atoms with E-state index in [0.717, 1.165) is 10.8 Å². The molecule has 0 spiro atoms. The first-order chi connectivity index (χ1) is 8.90. The van der Waals surface area contributed by atoms with Crippen LogP contribution in [0.4, 0.5) is 11.6 Å². The van der Waals surface area contributed by atoms with Crippen molar-refractivity contribution in [3.8, 4) is 0 Å². The topological polar surface area (TPSA) is 53.6 Å². The van der Waals surface area contributed by atoms with Gasteiger partial charge in [-0.3, -0.25) is 0 Å². The van der Waals surface area contributed by atoms with E-state index >= 15 is 0 Å². The van der Waals surface area contributed by atoms with Crippen molar-refractivity contribution in [2.75, 3.05) is 5.32 Å². The molecule has 2 aromatic heterocycles. The first-order valence-electron chi connectivity index (χ1n) is 5.36. The molecule has 2 N–H and O–H groups in total. The number of hydrogen-bond donors (Lipinski definition) is 2. The van der Waals surface area contributed by atoms with Crippen LogP contribution in [0.5, 0.6) is 0 Å². The van der Waals surface area contributed by atoms with Gasteiger partial charge in [0.1, 0.15) is 0 Å². The second kappa shape index (κ2) is 5.24. The number of rotatable bonds is 4. The van der Waals surface area contributed by atoms with Crippen molar-refractivity contribution in [1.29, 1.82) is 0 Å². The third-order valence-corrected chi connectivity index (χ3v) is 4.09. The van der Waals surface area contributed by atoms with Crippen LogP contribution >= 0.6 is 23.1 Å². The highest BCUT2D eigenvalue weighted by Gasteiger charge is 2.05. The Balaban J connectivity index is 1.70. The van der Waals surface area contributed by atoms with E-state index in [4.69, 9.17) is 0 Å². The molecule has 6 heteroatoms. The lowest BCUT2D eigenvalue weighted by molar-refractivity contribution is 0.975. The minimum absolute atomic E-state index is 0.653. The first kappa shape index (κ1) is 11.3. The Bertz CT molecular complexity index is 604. The van der Waals surface area contributed by atoms with Gasteiger partial charge in [0.25, 0.3) is 0 Å². The Hall–Kier alpha value is -1.79. The number of para-hydroxylation sites is 1. The number of aromatic amines is 1. The van der Waals surface area contributed by atoms with Crippen molar-refractivity contribution in [2.45, 2.75) is 9.37 Å². The third kappa shape index (κ3) is 2.72. The molecular weight excluding hydrogens is 264 g/mol. The number of H-pyrrole nitrogens is 1. The lowest BCUT2D eigenvalue weighted by Crippen LogP contribution is -1.91. The standard InChI is InChI=1S/C12H10N4S2/c1-2-5-9(6-3-1)13-11-14-12(16-15-11)18-10-7-4-8-17-10/h1-8H,(H2,13,14,15,16). The van der Waals surface area contributed by atoms with Crippen molar-refractivity contribution in [1.82, 2.24) is 15.2 Å². The molecule has 0 atom stereocenters. The van der Waals surface area contributed by atoms with E-state index in [2.05, 4.69) is 26.6 Å². The zero-order valence-corrected chi connectivity index (χ0v) is 11.0. The van der Waals surface area contributed by atoms with Crippen molar-refractivity contribution in [2.24, 2.45) is 0 Å². The number of hydrogen-bond acceptors (Lipinski definition) is 5. The molecule has 0 saturated heterocycles. The summed E-state index contributed by atoms with van der Waals surface area (Å²) in [5.41, 5.74) is 0.987. The van der Waals surface area contributed by atoms with Crippen LogP contribution in [0, 0.1) is 0 Å². The maximum absolute atomic E-state index is 4.37. The van der Waals surface area contributed by atoms with Gasteiger partial charge in [0.15, 0.2) is 0 Å². The molecule has 0 saturated carbocycles. The quantitative estimate of drug-likeness (QED) is 0.760. The van der Waals surface area contributed by atoms with Crippen molar-refractivity contribution in [3.63, 3.8) is 0 Å². The summed E-state index contributed by atoms with van der Waals surface area (Å²) in [6.45, 7) is 0. The van der Waals surface area contributed by atoms with Gasteiger partial charge < -0.3 is 5.32 Å². The molecule has 0 bridgehead atoms. The van der Waals surface area contributed by atoms with Crippen LogP contribution in [-0.4, -0.2) is 15.2 Å². The summed E-state index contributed by atoms with van der Waals surface area (Å²) < 4.78 is 1.18. The van der Waals surface area contributed by atoms with Gasteiger partial charge >= 0.3 is 0 Å². The SMILES string of the molecule is c1ccc(Nc2nc(Sc3cccs3)n[nH]2)cc1. The van der Waals surface area contributed by atoms with Crippen molar-refractivity contribution < 1.29 is 0 Å². The van der Waals surface area contributed by atoms with Crippen LogP contribution in [0.25, 0.3) is 0 Å². The Morgan fingerprint density at radius 2 is 2.00 bits per heavy atom. The second-order valence-electron chi connectivity index (χ2n) is 3.49. The largest absolute Gasteiger partial charge is 0.325 e. The van der Waals surface area contributed by atoms with E-state index in [9.17, 15) is 0 Å². The summed E-state index contributed by atoms with van der Waals surface area (Å²) in [6, 6.07) is 14.0. The smallest absolute Gasteiger partial charge is 0.223 e. The van der Waals surface area contributed by atoms with Gasteiger partial charge in [-0.1, -0.05) is 24.3 Å². The van der Waals surface area contributed by atoms with Crippen LogP contribution in [0.2, 0.25) is 0 Å². The minimum Gasteiger partial charge on any atom is -0.325 e. The average Bonchev–Trinajstić information content (AvgIpc) is 3.03. The molecule has 90 valence electrons. The highest BCUT2D eigenvalue weighted by molar-refractivity contribution is 8.01. The van der Waals surface area contributed by atoms with E-state index in [0.29, 0.717) is 5.95 Å². The zero-order valence-electron chi connectivity index (χ0n) is 9.33. The second-order valence-corrected chi connectivity index (χ2v) is 5.71. The van der Waals surface area contributed by atoms with Crippen molar-refractivity contribution in [3.05, 3.63) is 47.8 Å². The summed E-state index contributed by atoms with van der Waals surface area (Å²) >= 11 is 3.23. The van der Waals surface area contributed by atoms with E-state index in [1.807, 2.05) is 41.8 Å². The number of thiophene rings is 1. The molecule has 0 radical (unpaired) electrons. The molecule has 0 amide bonds. The molecule has 3 rings (SSSR count). The van der Waals surface area contributed by atoms with E-state index < -0.39 is 0 Å². The van der Waals surface area contributed by atoms with Gasteiger partial charge in [0.2, 0.25) is 11.1 Å². The van der Waals surface area contributed by atoms with Crippen LogP contribution < -0.4 is 5.32 Å². The van der Waals surface area contributed by atoms with Crippen LogP contribution in [0.3, 0.4) is 0 Å². The molecule has 0 unspecified atom stereocenters. The fraction of sp³-hybridized carbons (Fsp3) is 0. The van der Waals surface area contributed by atoms with Gasteiger partial charge in [0.05, 0.1) is 4.21 Å². The normalized spacial score (nSPS) is 10.4. The van der Waals surface area contributed by atoms with Gasteiger partial charge in [-0.15, -0.1) is 16.4 Å². The lowest BCUT2D eigenvalue weighted by atomic mass is 10.3. The maximum Gasteiger partial charge on any atom is 0.223 e. The Morgan fingerprint density at radius 1 is 1.11 bits per heavy atom. The molecule has 0 aliphatic rings. The molecule has 0 aliphatic carbocycles. The molecule has 3 aromatic rings. The number of anilines is 2. The Labute approximate surface area is 112 Å². The van der Waals surface area contributed by atoms with Crippen LogP contribution in [0.1, 0.15) is 0 Å². The third-order valence-electron chi connectivity index (χ3n) is 2.19. The highest BCUT2D eigenvalue weighted by Crippen LogP contribution is 2.29. The van der Waals surface area contributed by atoms with Gasteiger partial charge in [0, 0.05) is 5.69 Å². The van der Waals surface area contributed by atoms with Gasteiger partial charge in [-0.2, -0.15) is 4.98 Å². The number of benzene rings is 1. The fourth-order valence-electron chi connectivity index (χ4n) is 1.42. The molecular formula is C12H10N4S2. The molecule has 0 fully saturated rings. The predicted molar refractivity (Wildman–Crippen MR) is 74.5 cm³/mol. The molecule has 18 heavy (non-hydrogen) atoms. The summed E-state index contributed by atoms with van der Waals surface area (Å²) in [6.07, 6.45) is 0. The maximum atomic E-state index is 4.37. The monoisotopic (exact) mass is 274 g/mol. The van der Waals surface area contributed by atoms with E-state index in [1.165, 1.54) is 4.21 Å². The molecule has 0 aliphatic heterocycles. The molecule has 2 heterocycles. The minimum atomic E-state index is 0.653. The fourth-order valence-corrected chi connectivity index (χ4v) is 3.00. The summed E-state index contributed by atoms with van der Waals surface area (Å²) in [4.78, 5) is 4.37. The molecule has 4 nitrogen and oxygen atoms in total. The molecule has 1 aromatic carbocycles. The predicted octanol–water partition coefficient (Wildman–Crippen LogP) is 3.76. The summed E-state index contributed by atoms with van der Waals surface area (Å²) in [7, 11) is 0. The Morgan fingerprint density at radius 3 is 2.78 bits per heavy atom. The highest BCUT2D eigenvalue weighted by atomic mass is 32.2. The van der Waals surface area contributed by atoms with Crippen LogP contribution in [-0.2, 0) is 0 Å². The zero-order chi connectivity index (χ0) is 12.2. The van der Waals surface area contributed by atoms with Gasteiger partial charge in [-0.25, -0.2) is 5.10 Å². The average molecular weight is 274 g/mol. The van der Waals surface area contributed by atoms with Gasteiger partial charge in [-0.05, 0) is 35.3 Å². The number of nitrogens with zero attached hydrogens (tertiary/aromatic N) is 2. The van der Waals surface area contributed by atoms with E-state index in [1.54, 1.807) is 23.1 Å². The van der Waals surface area contributed by atoms with Crippen molar-refractivity contribution >= 4 is 34.7 Å². The summed E-state index contributed by atoms with van der Waals surface area (Å²) in [5.74, 6) is 0.653. The Kier molecular flexibility index (Phi) is 3.29. The summed E-state index contributed by atoms with van der Waals surface area (Å²) in [5, 5.41) is 13.0. The number of nitrogens with one attached hydrogen (secondary N) is 2. The van der Waals surface area contributed by atoms with Crippen LogP contribution in [0.15, 0.2) is 57.2 Å². The van der Waals surface area contributed by atoms with E-state index in [-0.39, 0.29) is 0 Å². The number of aromatic nitrogens is 3. The lowest BCUT2D eigenvalue weighted by Gasteiger charge is -1.99.